The van der Waals surface area contributed by atoms with Crippen molar-refractivity contribution in [3.63, 3.8) is 0 Å². The van der Waals surface area contributed by atoms with Crippen LogP contribution in [-0.4, -0.2) is 35.8 Å². The minimum atomic E-state index is -0.106. The molecule has 2 amide bonds. The Hall–Kier alpha value is -1.78. The topological polar surface area (TPSA) is 62.6 Å². The summed E-state index contributed by atoms with van der Waals surface area (Å²) in [6.07, 6.45) is 3.21. The van der Waals surface area contributed by atoms with Gasteiger partial charge in [0.25, 0.3) is 5.91 Å². The lowest BCUT2D eigenvalue weighted by atomic mass is 10.2. The van der Waals surface area contributed by atoms with E-state index < -0.39 is 0 Å². The minimum absolute atomic E-state index is 0.0238. The maximum atomic E-state index is 12.3. The molecule has 0 aliphatic carbocycles. The number of hydrogen-bond donors (Lipinski definition) is 1. The van der Waals surface area contributed by atoms with Crippen LogP contribution in [0, 0.1) is 5.92 Å². The summed E-state index contributed by atoms with van der Waals surface area (Å²) >= 11 is 0. The van der Waals surface area contributed by atoms with Crippen LogP contribution in [0.2, 0.25) is 0 Å². The SMILES string of the molecule is CC(C)CNC(=O)CCN(C(=O)c1ccoc1)C(C)C. The van der Waals surface area contributed by atoms with E-state index in [1.165, 1.54) is 12.5 Å². The van der Waals surface area contributed by atoms with Crippen LogP contribution in [0.5, 0.6) is 0 Å². The molecule has 1 rings (SSSR count). The van der Waals surface area contributed by atoms with Crippen molar-refractivity contribution in [3.05, 3.63) is 24.2 Å². The summed E-state index contributed by atoms with van der Waals surface area (Å²) < 4.78 is 4.93. The van der Waals surface area contributed by atoms with Crippen molar-refractivity contribution < 1.29 is 14.0 Å². The molecule has 1 aromatic heterocycles. The Kier molecular flexibility index (Phi) is 6.28. The van der Waals surface area contributed by atoms with Gasteiger partial charge in [-0.15, -0.1) is 0 Å². The molecule has 0 atom stereocenters. The molecule has 0 fully saturated rings. The lowest BCUT2D eigenvalue weighted by Gasteiger charge is -2.26. The molecule has 0 bridgehead atoms. The highest BCUT2D eigenvalue weighted by Gasteiger charge is 2.20. The third-order valence-electron chi connectivity index (χ3n) is 2.94. The Bertz CT molecular complexity index is 424. The number of carbonyl (C=O) groups is 2. The van der Waals surface area contributed by atoms with Gasteiger partial charge in [0.2, 0.25) is 5.91 Å². The molecule has 1 aromatic rings. The Morgan fingerprint density at radius 1 is 1.30 bits per heavy atom. The number of rotatable bonds is 7. The van der Waals surface area contributed by atoms with Crippen LogP contribution in [0.15, 0.2) is 23.0 Å². The van der Waals surface area contributed by atoms with Crippen molar-refractivity contribution in [1.82, 2.24) is 10.2 Å². The normalized spacial score (nSPS) is 10.9. The molecule has 1 heterocycles. The standard InChI is InChI=1S/C15H24N2O3/c1-11(2)9-16-14(18)5-7-17(12(3)4)15(19)13-6-8-20-10-13/h6,8,10-12H,5,7,9H2,1-4H3,(H,16,18). The highest BCUT2D eigenvalue weighted by atomic mass is 16.3. The number of hydrogen-bond acceptors (Lipinski definition) is 3. The molecular weight excluding hydrogens is 256 g/mol. The van der Waals surface area contributed by atoms with E-state index in [-0.39, 0.29) is 17.9 Å². The maximum absolute atomic E-state index is 12.3. The summed E-state index contributed by atoms with van der Waals surface area (Å²) in [5.74, 6) is 0.294. The number of amides is 2. The first-order valence-corrected chi connectivity index (χ1v) is 7.01. The Morgan fingerprint density at radius 2 is 2.00 bits per heavy atom. The third kappa shape index (κ3) is 5.07. The van der Waals surface area contributed by atoms with E-state index in [4.69, 9.17) is 4.42 Å². The smallest absolute Gasteiger partial charge is 0.257 e. The molecule has 5 heteroatoms. The van der Waals surface area contributed by atoms with E-state index in [2.05, 4.69) is 5.32 Å². The first-order chi connectivity index (χ1) is 9.41. The summed E-state index contributed by atoms with van der Waals surface area (Å²) in [4.78, 5) is 25.7. The predicted molar refractivity (Wildman–Crippen MR) is 77.3 cm³/mol. The van der Waals surface area contributed by atoms with E-state index in [1.54, 1.807) is 11.0 Å². The van der Waals surface area contributed by atoms with E-state index in [1.807, 2.05) is 27.7 Å². The lowest BCUT2D eigenvalue weighted by molar-refractivity contribution is -0.121. The third-order valence-corrected chi connectivity index (χ3v) is 2.94. The van der Waals surface area contributed by atoms with Crippen molar-refractivity contribution in [2.75, 3.05) is 13.1 Å². The zero-order valence-electron chi connectivity index (χ0n) is 12.7. The Labute approximate surface area is 120 Å². The van der Waals surface area contributed by atoms with Crippen LogP contribution in [0.25, 0.3) is 0 Å². The van der Waals surface area contributed by atoms with Crippen molar-refractivity contribution in [2.24, 2.45) is 5.92 Å². The van der Waals surface area contributed by atoms with E-state index in [0.29, 0.717) is 31.0 Å². The second-order valence-corrected chi connectivity index (χ2v) is 5.55. The first kappa shape index (κ1) is 16.3. The fraction of sp³-hybridized carbons (Fsp3) is 0.600. The van der Waals surface area contributed by atoms with Gasteiger partial charge in [-0.2, -0.15) is 0 Å². The van der Waals surface area contributed by atoms with Gasteiger partial charge in [-0.25, -0.2) is 0 Å². The Balaban J connectivity index is 2.52. The summed E-state index contributed by atoms with van der Waals surface area (Å²) in [6, 6.07) is 1.67. The van der Waals surface area contributed by atoms with Gasteiger partial charge in [0.05, 0.1) is 11.8 Å². The average molecular weight is 280 g/mol. The molecule has 0 saturated heterocycles. The minimum Gasteiger partial charge on any atom is -0.472 e. The molecule has 0 radical (unpaired) electrons. The summed E-state index contributed by atoms with van der Waals surface area (Å²) in [6.45, 7) is 9.03. The van der Waals surface area contributed by atoms with Crippen LogP contribution < -0.4 is 5.32 Å². The molecular formula is C15H24N2O3. The maximum Gasteiger partial charge on any atom is 0.257 e. The number of furan rings is 1. The highest BCUT2D eigenvalue weighted by Crippen LogP contribution is 2.09. The fourth-order valence-corrected chi connectivity index (χ4v) is 1.77. The van der Waals surface area contributed by atoms with Gasteiger partial charge >= 0.3 is 0 Å². The van der Waals surface area contributed by atoms with Crippen LogP contribution in [-0.2, 0) is 4.79 Å². The van der Waals surface area contributed by atoms with Crippen LogP contribution in [0.3, 0.4) is 0 Å². The highest BCUT2D eigenvalue weighted by molar-refractivity contribution is 5.94. The predicted octanol–water partition coefficient (Wildman–Crippen LogP) is 2.29. The van der Waals surface area contributed by atoms with E-state index in [9.17, 15) is 9.59 Å². The summed E-state index contributed by atoms with van der Waals surface area (Å²) in [5.41, 5.74) is 0.515. The molecule has 0 aliphatic heterocycles. The zero-order valence-corrected chi connectivity index (χ0v) is 12.7. The molecule has 0 unspecified atom stereocenters. The monoisotopic (exact) mass is 280 g/mol. The van der Waals surface area contributed by atoms with E-state index >= 15 is 0 Å². The van der Waals surface area contributed by atoms with Crippen LogP contribution in [0.4, 0.5) is 0 Å². The molecule has 0 saturated carbocycles. The van der Waals surface area contributed by atoms with E-state index in [0.717, 1.165) is 0 Å². The van der Waals surface area contributed by atoms with Gasteiger partial charge in [0.15, 0.2) is 0 Å². The first-order valence-electron chi connectivity index (χ1n) is 7.01. The second-order valence-electron chi connectivity index (χ2n) is 5.55. The number of carbonyl (C=O) groups excluding carboxylic acids is 2. The van der Waals surface area contributed by atoms with Crippen molar-refractivity contribution in [2.45, 2.75) is 40.2 Å². The van der Waals surface area contributed by atoms with Gasteiger partial charge in [-0.05, 0) is 25.8 Å². The van der Waals surface area contributed by atoms with Gasteiger partial charge in [0.1, 0.15) is 6.26 Å². The second kappa shape index (κ2) is 7.72. The molecule has 20 heavy (non-hydrogen) atoms. The largest absolute Gasteiger partial charge is 0.472 e. The number of nitrogens with one attached hydrogen (secondary N) is 1. The molecule has 0 aromatic carbocycles. The fourth-order valence-electron chi connectivity index (χ4n) is 1.77. The van der Waals surface area contributed by atoms with Gasteiger partial charge in [0, 0.05) is 25.6 Å². The summed E-state index contributed by atoms with van der Waals surface area (Å²) in [5, 5.41) is 2.85. The number of nitrogens with zero attached hydrogens (tertiary/aromatic N) is 1. The van der Waals surface area contributed by atoms with Gasteiger partial charge in [-0.1, -0.05) is 13.8 Å². The molecule has 5 nitrogen and oxygen atoms in total. The quantitative estimate of drug-likeness (QED) is 0.833. The summed E-state index contributed by atoms with van der Waals surface area (Å²) in [7, 11) is 0. The van der Waals surface area contributed by atoms with Crippen molar-refractivity contribution >= 4 is 11.8 Å². The molecule has 0 aliphatic rings. The van der Waals surface area contributed by atoms with Gasteiger partial charge in [-0.3, -0.25) is 9.59 Å². The Morgan fingerprint density at radius 3 is 2.50 bits per heavy atom. The van der Waals surface area contributed by atoms with Gasteiger partial charge < -0.3 is 14.6 Å². The zero-order chi connectivity index (χ0) is 15.1. The average Bonchev–Trinajstić information content (AvgIpc) is 2.89. The lowest BCUT2D eigenvalue weighted by Crippen LogP contribution is -2.40. The van der Waals surface area contributed by atoms with Crippen LogP contribution in [0.1, 0.15) is 44.5 Å². The molecule has 0 spiro atoms. The molecule has 112 valence electrons. The molecule has 1 N–H and O–H groups in total. The van der Waals surface area contributed by atoms with Crippen LogP contribution >= 0.6 is 0 Å². The van der Waals surface area contributed by atoms with Crippen molar-refractivity contribution in [3.8, 4) is 0 Å². The van der Waals surface area contributed by atoms with Crippen molar-refractivity contribution in [1.29, 1.82) is 0 Å².